The molecule has 0 bridgehead atoms. The minimum atomic E-state index is -0.229. The Morgan fingerprint density at radius 1 is 1.10 bits per heavy atom. The summed E-state index contributed by atoms with van der Waals surface area (Å²) in [6.45, 7) is 10.1. The lowest BCUT2D eigenvalue weighted by molar-refractivity contribution is -0.261. The predicted molar refractivity (Wildman–Crippen MR) is 79.8 cm³/mol. The third kappa shape index (κ3) is 3.62. The summed E-state index contributed by atoms with van der Waals surface area (Å²) < 4.78 is 8.22. The molecular formula is C16H28N2O2. The van der Waals surface area contributed by atoms with Crippen molar-refractivity contribution < 1.29 is 9.94 Å². The second kappa shape index (κ2) is 5.88. The van der Waals surface area contributed by atoms with Crippen LogP contribution in [0.25, 0.3) is 0 Å². The topological polar surface area (TPSA) is 37.6 Å². The molecule has 0 radical (unpaired) electrons. The van der Waals surface area contributed by atoms with Gasteiger partial charge in [-0.1, -0.05) is 0 Å². The second-order valence-corrected chi connectivity index (χ2v) is 7.11. The van der Waals surface area contributed by atoms with Crippen molar-refractivity contribution in [2.75, 3.05) is 6.61 Å². The van der Waals surface area contributed by atoms with Gasteiger partial charge in [0.15, 0.2) is 0 Å². The molecular weight excluding hydrogens is 252 g/mol. The van der Waals surface area contributed by atoms with Crippen molar-refractivity contribution in [3.8, 4) is 0 Å². The zero-order chi connectivity index (χ0) is 14.8. The molecule has 0 aliphatic carbocycles. The Labute approximate surface area is 122 Å². The summed E-state index contributed by atoms with van der Waals surface area (Å²) in [7, 11) is 0. The van der Waals surface area contributed by atoms with Crippen molar-refractivity contribution >= 4 is 0 Å². The zero-order valence-electron chi connectivity index (χ0n) is 13.2. The molecule has 0 amide bonds. The van der Waals surface area contributed by atoms with Crippen LogP contribution in [0.15, 0.2) is 24.5 Å². The maximum Gasteiger partial charge on any atom is 0.0611 e. The van der Waals surface area contributed by atoms with Gasteiger partial charge in [-0.25, -0.2) is 0 Å². The number of hydroxylamine groups is 2. The molecule has 1 aliphatic rings. The standard InChI is InChI=1S/C16H28N2O2/c1-15(2)12-14(13-16(3,4)18(15)19)20-11-7-10-17-8-5-6-9-17/h5-6,8-9,14,19H,7,10-13H2,1-4H3. The van der Waals surface area contributed by atoms with Crippen molar-refractivity contribution in [3.05, 3.63) is 24.5 Å². The van der Waals surface area contributed by atoms with Gasteiger partial charge in [-0.2, -0.15) is 5.06 Å². The summed E-state index contributed by atoms with van der Waals surface area (Å²) in [5.41, 5.74) is -0.459. The van der Waals surface area contributed by atoms with Gasteiger partial charge < -0.3 is 14.5 Å². The fraction of sp³-hybridized carbons (Fsp3) is 0.750. The summed E-state index contributed by atoms with van der Waals surface area (Å²) in [6, 6.07) is 4.09. The van der Waals surface area contributed by atoms with Crippen LogP contribution in [-0.2, 0) is 11.3 Å². The van der Waals surface area contributed by atoms with E-state index >= 15 is 0 Å². The molecule has 0 atom stereocenters. The molecule has 1 aliphatic heterocycles. The highest BCUT2D eigenvalue weighted by atomic mass is 16.5. The summed E-state index contributed by atoms with van der Waals surface area (Å²) in [5.74, 6) is 0. The van der Waals surface area contributed by atoms with Crippen molar-refractivity contribution in [3.63, 3.8) is 0 Å². The summed E-state index contributed by atoms with van der Waals surface area (Å²) in [5, 5.41) is 11.8. The first-order valence-corrected chi connectivity index (χ1v) is 7.53. The van der Waals surface area contributed by atoms with Crippen LogP contribution in [0.3, 0.4) is 0 Å². The van der Waals surface area contributed by atoms with Crippen molar-refractivity contribution in [1.29, 1.82) is 0 Å². The van der Waals surface area contributed by atoms with Crippen molar-refractivity contribution in [2.24, 2.45) is 0 Å². The molecule has 1 aromatic heterocycles. The Kier molecular flexibility index (Phi) is 4.57. The molecule has 1 saturated heterocycles. The molecule has 1 N–H and O–H groups in total. The Balaban J connectivity index is 1.78. The molecule has 1 aromatic rings. The minimum Gasteiger partial charge on any atom is -0.378 e. The van der Waals surface area contributed by atoms with E-state index < -0.39 is 0 Å². The van der Waals surface area contributed by atoms with E-state index in [2.05, 4.69) is 44.7 Å². The van der Waals surface area contributed by atoms with E-state index in [1.54, 1.807) is 0 Å². The highest BCUT2D eigenvalue weighted by Crippen LogP contribution is 2.37. The lowest BCUT2D eigenvalue weighted by Gasteiger charge is -2.51. The van der Waals surface area contributed by atoms with Crippen LogP contribution in [0, 0.1) is 0 Å². The van der Waals surface area contributed by atoms with E-state index in [0.717, 1.165) is 32.4 Å². The van der Waals surface area contributed by atoms with Crippen LogP contribution in [0.2, 0.25) is 0 Å². The summed E-state index contributed by atoms with van der Waals surface area (Å²) in [6.07, 6.45) is 7.15. The molecule has 2 heterocycles. The first kappa shape index (κ1) is 15.5. The number of hydrogen-bond acceptors (Lipinski definition) is 3. The van der Waals surface area contributed by atoms with Crippen LogP contribution in [0.4, 0.5) is 0 Å². The SMILES string of the molecule is CC1(C)CC(OCCCn2cccc2)CC(C)(C)N1O. The molecule has 4 nitrogen and oxygen atoms in total. The van der Waals surface area contributed by atoms with Crippen LogP contribution >= 0.6 is 0 Å². The Hall–Kier alpha value is -0.840. The lowest BCUT2D eigenvalue weighted by Crippen LogP contribution is -2.60. The molecule has 0 aromatic carbocycles. The average molecular weight is 280 g/mol. The number of hydrogen-bond donors (Lipinski definition) is 1. The Bertz CT molecular complexity index is 394. The van der Waals surface area contributed by atoms with E-state index in [1.807, 2.05) is 12.1 Å². The maximum atomic E-state index is 10.3. The van der Waals surface area contributed by atoms with Gasteiger partial charge in [-0.15, -0.1) is 0 Å². The van der Waals surface area contributed by atoms with Crippen molar-refractivity contribution in [2.45, 2.75) is 70.7 Å². The number of aromatic nitrogens is 1. The molecule has 4 heteroatoms. The highest BCUT2D eigenvalue weighted by molar-refractivity contribution is 4.96. The van der Waals surface area contributed by atoms with Gasteiger partial charge in [0.05, 0.1) is 6.10 Å². The molecule has 0 unspecified atom stereocenters. The van der Waals surface area contributed by atoms with Crippen LogP contribution in [0.5, 0.6) is 0 Å². The van der Waals surface area contributed by atoms with E-state index in [0.29, 0.717) is 0 Å². The molecule has 1 fully saturated rings. The highest BCUT2D eigenvalue weighted by Gasteiger charge is 2.45. The minimum absolute atomic E-state index is 0.229. The van der Waals surface area contributed by atoms with E-state index in [-0.39, 0.29) is 17.2 Å². The maximum absolute atomic E-state index is 10.3. The Morgan fingerprint density at radius 3 is 2.20 bits per heavy atom. The fourth-order valence-corrected chi connectivity index (χ4v) is 3.31. The van der Waals surface area contributed by atoms with Gasteiger partial charge >= 0.3 is 0 Å². The summed E-state index contributed by atoms with van der Waals surface area (Å²) >= 11 is 0. The normalized spacial score (nSPS) is 23.1. The van der Waals surface area contributed by atoms with Gasteiger partial charge in [0.1, 0.15) is 0 Å². The number of nitrogens with zero attached hydrogens (tertiary/aromatic N) is 2. The predicted octanol–water partition coefficient (Wildman–Crippen LogP) is 3.31. The monoisotopic (exact) mass is 280 g/mol. The molecule has 0 spiro atoms. The second-order valence-electron chi connectivity index (χ2n) is 7.11. The van der Waals surface area contributed by atoms with Gasteiger partial charge in [-0.3, -0.25) is 0 Å². The largest absolute Gasteiger partial charge is 0.378 e. The van der Waals surface area contributed by atoms with E-state index in [1.165, 1.54) is 5.06 Å². The van der Waals surface area contributed by atoms with Gasteiger partial charge in [0.25, 0.3) is 0 Å². The fourth-order valence-electron chi connectivity index (χ4n) is 3.31. The third-order valence-electron chi connectivity index (χ3n) is 4.18. The number of rotatable bonds is 5. The lowest BCUT2D eigenvalue weighted by atomic mass is 9.80. The van der Waals surface area contributed by atoms with Crippen LogP contribution in [-0.4, -0.2) is 38.6 Å². The van der Waals surface area contributed by atoms with Crippen LogP contribution < -0.4 is 0 Å². The summed E-state index contributed by atoms with van der Waals surface area (Å²) in [4.78, 5) is 0. The number of aryl methyl sites for hydroxylation is 1. The van der Waals surface area contributed by atoms with Gasteiger partial charge in [-0.05, 0) is 59.1 Å². The molecule has 20 heavy (non-hydrogen) atoms. The molecule has 2 rings (SSSR count). The molecule has 0 saturated carbocycles. The average Bonchev–Trinajstić information content (AvgIpc) is 2.84. The third-order valence-corrected chi connectivity index (χ3v) is 4.18. The van der Waals surface area contributed by atoms with E-state index in [4.69, 9.17) is 4.74 Å². The van der Waals surface area contributed by atoms with Crippen molar-refractivity contribution in [1.82, 2.24) is 9.63 Å². The van der Waals surface area contributed by atoms with Gasteiger partial charge in [0, 0.05) is 36.6 Å². The number of piperidine rings is 1. The van der Waals surface area contributed by atoms with E-state index in [9.17, 15) is 5.21 Å². The first-order valence-electron chi connectivity index (χ1n) is 7.53. The molecule has 114 valence electrons. The Morgan fingerprint density at radius 2 is 1.65 bits per heavy atom. The first-order chi connectivity index (χ1) is 9.31. The smallest absolute Gasteiger partial charge is 0.0611 e. The van der Waals surface area contributed by atoms with Gasteiger partial charge in [0.2, 0.25) is 0 Å². The quantitative estimate of drug-likeness (QED) is 0.841. The number of ether oxygens (including phenoxy) is 1. The van der Waals surface area contributed by atoms with Crippen LogP contribution in [0.1, 0.15) is 47.0 Å². The zero-order valence-corrected chi connectivity index (χ0v) is 13.2.